The summed E-state index contributed by atoms with van der Waals surface area (Å²) in [5.41, 5.74) is 0. The molecular formula is C17H38N4O. The van der Waals surface area contributed by atoms with Gasteiger partial charge in [-0.1, -0.05) is 13.3 Å². The zero-order chi connectivity index (χ0) is 16.8. The van der Waals surface area contributed by atoms with Crippen molar-refractivity contribution in [3.8, 4) is 0 Å². The number of nitrogens with zero attached hydrogens (tertiary/aromatic N) is 2. The summed E-state index contributed by atoms with van der Waals surface area (Å²) in [4.78, 5) is 7.11. The molecule has 0 atom stereocenters. The molecule has 0 unspecified atom stereocenters. The van der Waals surface area contributed by atoms with E-state index in [1.165, 1.54) is 6.42 Å². The molecule has 0 aliphatic heterocycles. The fourth-order valence-corrected chi connectivity index (χ4v) is 2.32. The highest BCUT2D eigenvalue weighted by Crippen LogP contribution is 2.03. The first-order chi connectivity index (χ1) is 10.5. The molecule has 0 bridgehead atoms. The molecule has 0 saturated carbocycles. The van der Waals surface area contributed by atoms with E-state index >= 15 is 0 Å². The van der Waals surface area contributed by atoms with Gasteiger partial charge in [0, 0.05) is 38.3 Å². The Bertz CT molecular complexity index is 272. The van der Waals surface area contributed by atoms with Crippen molar-refractivity contribution in [2.45, 2.75) is 66.5 Å². The third-order valence-corrected chi connectivity index (χ3v) is 3.48. The Balaban J connectivity index is 4.08. The van der Waals surface area contributed by atoms with Crippen LogP contribution >= 0.6 is 0 Å². The topological polar surface area (TPSA) is 48.9 Å². The number of nitrogens with one attached hydrogen (secondary N) is 2. The molecule has 0 fully saturated rings. The second-order valence-corrected chi connectivity index (χ2v) is 6.08. The average molecular weight is 315 g/mol. The van der Waals surface area contributed by atoms with Gasteiger partial charge in [0.15, 0.2) is 5.96 Å². The Morgan fingerprint density at radius 2 is 1.73 bits per heavy atom. The van der Waals surface area contributed by atoms with Gasteiger partial charge in [0.25, 0.3) is 0 Å². The summed E-state index contributed by atoms with van der Waals surface area (Å²) in [5, 5.41) is 6.61. The molecular weight excluding hydrogens is 276 g/mol. The molecule has 132 valence electrons. The first-order valence-electron chi connectivity index (χ1n) is 8.88. The molecule has 0 amide bonds. The fraction of sp³-hybridized carbons (Fsp3) is 0.941. The van der Waals surface area contributed by atoms with Crippen LogP contribution in [0.4, 0.5) is 0 Å². The van der Waals surface area contributed by atoms with Crippen molar-refractivity contribution in [1.82, 2.24) is 15.5 Å². The average Bonchev–Trinajstić information content (AvgIpc) is 2.46. The zero-order valence-corrected chi connectivity index (χ0v) is 15.6. The van der Waals surface area contributed by atoms with Crippen LogP contribution in [0.25, 0.3) is 0 Å². The van der Waals surface area contributed by atoms with Gasteiger partial charge in [0.05, 0.1) is 13.2 Å². The van der Waals surface area contributed by atoms with E-state index in [0.29, 0.717) is 12.1 Å². The second-order valence-electron chi connectivity index (χ2n) is 6.08. The minimum atomic E-state index is 0.553. The molecule has 0 aliphatic rings. The number of guanidine groups is 1. The third-order valence-electron chi connectivity index (χ3n) is 3.48. The Kier molecular flexibility index (Phi) is 13.3. The maximum Gasteiger partial charge on any atom is 0.191 e. The maximum atomic E-state index is 5.55. The monoisotopic (exact) mass is 314 g/mol. The maximum absolute atomic E-state index is 5.55. The van der Waals surface area contributed by atoms with Crippen molar-refractivity contribution >= 4 is 5.96 Å². The summed E-state index contributed by atoms with van der Waals surface area (Å²) < 4.78 is 5.55. The van der Waals surface area contributed by atoms with Crippen LogP contribution in [0.1, 0.15) is 54.4 Å². The van der Waals surface area contributed by atoms with Gasteiger partial charge in [-0.3, -0.25) is 9.89 Å². The molecule has 0 radical (unpaired) electrons. The van der Waals surface area contributed by atoms with Crippen molar-refractivity contribution in [3.63, 3.8) is 0 Å². The molecule has 0 aromatic carbocycles. The summed E-state index contributed by atoms with van der Waals surface area (Å²) in [5.74, 6) is 0.883. The van der Waals surface area contributed by atoms with Gasteiger partial charge >= 0.3 is 0 Å². The summed E-state index contributed by atoms with van der Waals surface area (Å²) in [7, 11) is 0. The Labute approximate surface area is 137 Å². The fourth-order valence-electron chi connectivity index (χ4n) is 2.32. The highest BCUT2D eigenvalue weighted by Gasteiger charge is 2.12. The molecule has 0 heterocycles. The summed E-state index contributed by atoms with van der Waals surface area (Å²) in [6.07, 6.45) is 2.31. The Morgan fingerprint density at radius 3 is 2.27 bits per heavy atom. The van der Waals surface area contributed by atoms with E-state index < -0.39 is 0 Å². The van der Waals surface area contributed by atoms with Gasteiger partial charge in [0.1, 0.15) is 0 Å². The Hall–Kier alpha value is -0.810. The van der Waals surface area contributed by atoms with Crippen LogP contribution < -0.4 is 10.6 Å². The van der Waals surface area contributed by atoms with E-state index in [9.17, 15) is 0 Å². The molecule has 0 aliphatic carbocycles. The number of aliphatic imine (C=N–C) groups is 1. The van der Waals surface area contributed by atoms with E-state index in [1.807, 2.05) is 0 Å². The predicted octanol–water partition coefficient (Wildman–Crippen LogP) is 2.48. The van der Waals surface area contributed by atoms with E-state index in [4.69, 9.17) is 4.74 Å². The zero-order valence-electron chi connectivity index (χ0n) is 15.6. The lowest BCUT2D eigenvalue weighted by molar-refractivity contribution is 0.136. The first kappa shape index (κ1) is 21.2. The molecule has 0 aromatic heterocycles. The summed E-state index contributed by atoms with van der Waals surface area (Å²) in [6.45, 7) is 18.3. The van der Waals surface area contributed by atoms with Crippen LogP contribution in [0.2, 0.25) is 0 Å². The van der Waals surface area contributed by atoms with Crippen LogP contribution in [0.15, 0.2) is 4.99 Å². The molecule has 0 saturated heterocycles. The third kappa shape index (κ3) is 10.9. The molecule has 0 aromatic rings. The van der Waals surface area contributed by atoms with Crippen LogP contribution in [0.3, 0.4) is 0 Å². The molecule has 5 nitrogen and oxygen atoms in total. The molecule has 0 rings (SSSR count). The molecule has 2 N–H and O–H groups in total. The predicted molar refractivity (Wildman–Crippen MR) is 96.7 cm³/mol. The Morgan fingerprint density at radius 1 is 1.05 bits per heavy atom. The van der Waals surface area contributed by atoms with Gasteiger partial charge in [0.2, 0.25) is 0 Å². The van der Waals surface area contributed by atoms with Crippen molar-refractivity contribution in [2.24, 2.45) is 4.99 Å². The van der Waals surface area contributed by atoms with Crippen molar-refractivity contribution in [2.75, 3.05) is 39.4 Å². The SMILES string of the molecule is CCCCOCCNC(=NCCN(C(C)C)C(C)C)NCC. The lowest BCUT2D eigenvalue weighted by Crippen LogP contribution is -2.41. The number of hydrogen-bond acceptors (Lipinski definition) is 3. The van der Waals surface area contributed by atoms with Crippen molar-refractivity contribution < 1.29 is 4.74 Å². The molecule has 0 spiro atoms. The lowest BCUT2D eigenvalue weighted by Gasteiger charge is -2.29. The smallest absolute Gasteiger partial charge is 0.191 e. The van der Waals surface area contributed by atoms with E-state index in [-0.39, 0.29) is 0 Å². The van der Waals surface area contributed by atoms with Gasteiger partial charge in [-0.25, -0.2) is 0 Å². The minimum Gasteiger partial charge on any atom is -0.380 e. The van der Waals surface area contributed by atoms with E-state index in [2.05, 4.69) is 62.1 Å². The van der Waals surface area contributed by atoms with Crippen LogP contribution in [0.5, 0.6) is 0 Å². The standard InChI is InChI=1S/C17H38N4O/c1-7-9-13-22-14-11-20-17(18-8-2)19-10-12-21(15(3)4)16(5)6/h15-16H,7-14H2,1-6H3,(H2,18,19,20). The second kappa shape index (κ2) is 13.8. The molecule has 22 heavy (non-hydrogen) atoms. The number of rotatable bonds is 12. The largest absolute Gasteiger partial charge is 0.380 e. The van der Waals surface area contributed by atoms with Crippen LogP contribution in [-0.4, -0.2) is 62.3 Å². The number of ether oxygens (including phenoxy) is 1. The number of hydrogen-bond donors (Lipinski definition) is 2. The van der Waals surface area contributed by atoms with Crippen molar-refractivity contribution in [3.05, 3.63) is 0 Å². The van der Waals surface area contributed by atoms with E-state index in [1.54, 1.807) is 0 Å². The summed E-state index contributed by atoms with van der Waals surface area (Å²) >= 11 is 0. The first-order valence-corrected chi connectivity index (χ1v) is 8.88. The highest BCUT2D eigenvalue weighted by molar-refractivity contribution is 5.79. The van der Waals surface area contributed by atoms with Crippen LogP contribution in [-0.2, 0) is 4.74 Å². The van der Waals surface area contributed by atoms with Crippen molar-refractivity contribution in [1.29, 1.82) is 0 Å². The lowest BCUT2D eigenvalue weighted by atomic mass is 10.2. The highest BCUT2D eigenvalue weighted by atomic mass is 16.5. The summed E-state index contributed by atoms with van der Waals surface area (Å²) in [6, 6.07) is 1.11. The quantitative estimate of drug-likeness (QED) is 0.330. The molecule has 5 heteroatoms. The van der Waals surface area contributed by atoms with Crippen LogP contribution in [0, 0.1) is 0 Å². The van der Waals surface area contributed by atoms with Gasteiger partial charge in [-0.05, 0) is 41.0 Å². The van der Waals surface area contributed by atoms with E-state index in [0.717, 1.165) is 51.8 Å². The minimum absolute atomic E-state index is 0.553. The van der Waals surface area contributed by atoms with Gasteiger partial charge in [-0.2, -0.15) is 0 Å². The van der Waals surface area contributed by atoms with Gasteiger partial charge < -0.3 is 15.4 Å². The van der Waals surface area contributed by atoms with Gasteiger partial charge in [-0.15, -0.1) is 0 Å². The number of unbranched alkanes of at least 4 members (excludes halogenated alkanes) is 1. The normalized spacial score (nSPS) is 12.5.